The van der Waals surface area contributed by atoms with Crippen LogP contribution in [0.2, 0.25) is 0 Å². The van der Waals surface area contributed by atoms with Crippen molar-refractivity contribution in [2.24, 2.45) is 0 Å². The van der Waals surface area contributed by atoms with Crippen LogP contribution < -0.4 is 14.5 Å². The summed E-state index contributed by atoms with van der Waals surface area (Å²) in [5, 5.41) is 0. The minimum absolute atomic E-state index is 0.00396. The number of hydrogen-bond acceptors (Lipinski definition) is 3. The van der Waals surface area contributed by atoms with Crippen molar-refractivity contribution in [3.8, 4) is 5.75 Å². The first-order valence-corrected chi connectivity index (χ1v) is 8.52. The molecule has 4 rings (SSSR count). The van der Waals surface area contributed by atoms with E-state index in [0.29, 0.717) is 6.04 Å². The maximum Gasteiger partial charge on any atom is 0.247 e. The third-order valence-corrected chi connectivity index (χ3v) is 4.72. The van der Waals surface area contributed by atoms with E-state index < -0.39 is 0 Å². The first kappa shape index (κ1) is 15.7. The molecule has 5 heteroatoms. The van der Waals surface area contributed by atoms with E-state index in [-0.39, 0.29) is 24.8 Å². The molecular formula is C20H20N2O3. The molecule has 128 valence electrons. The SMILES string of the molecule is COc1ccc(CC(=O)N2CC(=O)N(C3CC3)c3ccccc32)cc1. The summed E-state index contributed by atoms with van der Waals surface area (Å²) in [5.74, 6) is 0.695. The van der Waals surface area contributed by atoms with E-state index >= 15 is 0 Å². The average molecular weight is 336 g/mol. The molecule has 0 atom stereocenters. The Labute approximate surface area is 146 Å². The zero-order chi connectivity index (χ0) is 17.4. The van der Waals surface area contributed by atoms with Crippen LogP contribution in [0.4, 0.5) is 11.4 Å². The molecule has 2 aromatic carbocycles. The van der Waals surface area contributed by atoms with Gasteiger partial charge in [0.25, 0.3) is 0 Å². The van der Waals surface area contributed by atoms with Gasteiger partial charge in [-0.2, -0.15) is 0 Å². The van der Waals surface area contributed by atoms with Crippen LogP contribution in [0.15, 0.2) is 48.5 Å². The van der Waals surface area contributed by atoms with E-state index in [1.54, 1.807) is 12.0 Å². The summed E-state index contributed by atoms with van der Waals surface area (Å²) >= 11 is 0. The molecule has 1 fully saturated rings. The summed E-state index contributed by atoms with van der Waals surface area (Å²) in [7, 11) is 1.61. The van der Waals surface area contributed by atoms with Gasteiger partial charge in [-0.25, -0.2) is 0 Å². The molecule has 5 nitrogen and oxygen atoms in total. The van der Waals surface area contributed by atoms with Gasteiger partial charge in [0.1, 0.15) is 12.3 Å². The number of anilines is 2. The first-order chi connectivity index (χ1) is 12.2. The number of ether oxygens (including phenoxy) is 1. The molecule has 1 aliphatic heterocycles. The van der Waals surface area contributed by atoms with Gasteiger partial charge in [-0.3, -0.25) is 9.59 Å². The zero-order valence-corrected chi connectivity index (χ0v) is 14.1. The fourth-order valence-electron chi connectivity index (χ4n) is 3.30. The lowest BCUT2D eigenvalue weighted by Crippen LogP contribution is -2.49. The second-order valence-corrected chi connectivity index (χ2v) is 6.49. The number of amides is 2. The van der Waals surface area contributed by atoms with Crippen molar-refractivity contribution in [3.05, 3.63) is 54.1 Å². The number of hydrogen-bond donors (Lipinski definition) is 0. The van der Waals surface area contributed by atoms with Crippen molar-refractivity contribution in [3.63, 3.8) is 0 Å². The lowest BCUT2D eigenvalue weighted by Gasteiger charge is -2.36. The van der Waals surface area contributed by atoms with E-state index in [0.717, 1.165) is 35.5 Å². The largest absolute Gasteiger partial charge is 0.497 e. The average Bonchev–Trinajstić information content (AvgIpc) is 3.46. The number of benzene rings is 2. The van der Waals surface area contributed by atoms with Gasteiger partial charge in [0, 0.05) is 6.04 Å². The number of carbonyl (C=O) groups is 2. The van der Waals surface area contributed by atoms with Crippen LogP contribution in [0.3, 0.4) is 0 Å². The molecule has 1 aliphatic carbocycles. The summed E-state index contributed by atoms with van der Waals surface area (Å²) in [6.45, 7) is 0.114. The van der Waals surface area contributed by atoms with Crippen LogP contribution in [-0.2, 0) is 16.0 Å². The lowest BCUT2D eigenvalue weighted by molar-refractivity contribution is -0.122. The second-order valence-electron chi connectivity index (χ2n) is 6.49. The van der Waals surface area contributed by atoms with Crippen LogP contribution in [-0.4, -0.2) is 31.5 Å². The third-order valence-electron chi connectivity index (χ3n) is 4.72. The Morgan fingerprint density at radius 2 is 1.76 bits per heavy atom. The highest BCUT2D eigenvalue weighted by Crippen LogP contribution is 2.40. The maximum absolute atomic E-state index is 12.8. The molecule has 1 saturated carbocycles. The minimum Gasteiger partial charge on any atom is -0.497 e. The van der Waals surface area contributed by atoms with Gasteiger partial charge in [0.05, 0.1) is 24.9 Å². The van der Waals surface area contributed by atoms with Crippen LogP contribution >= 0.6 is 0 Å². The molecule has 0 unspecified atom stereocenters. The summed E-state index contributed by atoms with van der Waals surface area (Å²) in [6.07, 6.45) is 2.34. The molecule has 0 aromatic heterocycles. The van der Waals surface area contributed by atoms with Crippen molar-refractivity contribution < 1.29 is 14.3 Å². The van der Waals surface area contributed by atoms with Crippen molar-refractivity contribution in [1.82, 2.24) is 0 Å². The van der Waals surface area contributed by atoms with Gasteiger partial charge < -0.3 is 14.5 Å². The molecule has 0 bridgehead atoms. The summed E-state index contributed by atoms with van der Waals surface area (Å²) < 4.78 is 5.15. The Bertz CT molecular complexity index is 812. The van der Waals surface area contributed by atoms with E-state index in [1.165, 1.54) is 0 Å². The molecule has 0 radical (unpaired) electrons. The highest BCUT2D eigenvalue weighted by atomic mass is 16.5. The van der Waals surface area contributed by atoms with Crippen molar-refractivity contribution in [2.45, 2.75) is 25.3 Å². The number of nitrogens with zero attached hydrogens (tertiary/aromatic N) is 2. The molecule has 25 heavy (non-hydrogen) atoms. The Hall–Kier alpha value is -2.82. The fourth-order valence-corrected chi connectivity index (χ4v) is 3.30. The van der Waals surface area contributed by atoms with Crippen molar-refractivity contribution >= 4 is 23.2 Å². The second kappa shape index (κ2) is 6.24. The predicted octanol–water partition coefficient (Wildman–Crippen LogP) is 2.78. The number of methoxy groups -OCH3 is 1. The Kier molecular flexibility index (Phi) is 3.92. The topological polar surface area (TPSA) is 49.9 Å². The highest BCUT2D eigenvalue weighted by molar-refractivity contribution is 6.11. The van der Waals surface area contributed by atoms with E-state index in [9.17, 15) is 9.59 Å². The Morgan fingerprint density at radius 1 is 1.08 bits per heavy atom. The molecular weight excluding hydrogens is 316 g/mol. The monoisotopic (exact) mass is 336 g/mol. The Balaban J connectivity index is 1.59. The van der Waals surface area contributed by atoms with Gasteiger partial charge in [-0.05, 0) is 42.7 Å². The molecule has 2 aliphatic rings. The number of carbonyl (C=O) groups excluding carboxylic acids is 2. The fraction of sp³-hybridized carbons (Fsp3) is 0.300. The van der Waals surface area contributed by atoms with Crippen LogP contribution in [0.5, 0.6) is 5.75 Å². The van der Waals surface area contributed by atoms with E-state index in [1.807, 2.05) is 53.4 Å². The highest BCUT2D eigenvalue weighted by Gasteiger charge is 2.40. The maximum atomic E-state index is 12.8. The molecule has 1 heterocycles. The van der Waals surface area contributed by atoms with Crippen molar-refractivity contribution in [2.75, 3.05) is 23.5 Å². The summed E-state index contributed by atoms with van der Waals surface area (Å²) in [6, 6.07) is 15.4. The molecule has 0 spiro atoms. The lowest BCUT2D eigenvalue weighted by atomic mass is 10.1. The normalized spacial score (nSPS) is 16.6. The van der Waals surface area contributed by atoms with Gasteiger partial charge in [0.15, 0.2) is 0 Å². The van der Waals surface area contributed by atoms with Gasteiger partial charge in [-0.1, -0.05) is 24.3 Å². The van der Waals surface area contributed by atoms with Gasteiger partial charge >= 0.3 is 0 Å². The summed E-state index contributed by atoms with van der Waals surface area (Å²) in [4.78, 5) is 28.9. The van der Waals surface area contributed by atoms with Gasteiger partial charge in [-0.15, -0.1) is 0 Å². The quantitative estimate of drug-likeness (QED) is 0.863. The number of para-hydroxylation sites is 2. The van der Waals surface area contributed by atoms with E-state index in [2.05, 4.69) is 0 Å². The smallest absolute Gasteiger partial charge is 0.247 e. The van der Waals surface area contributed by atoms with Crippen LogP contribution in [0.25, 0.3) is 0 Å². The molecule has 2 aromatic rings. The first-order valence-electron chi connectivity index (χ1n) is 8.52. The van der Waals surface area contributed by atoms with E-state index in [4.69, 9.17) is 4.74 Å². The van der Waals surface area contributed by atoms with Crippen LogP contribution in [0, 0.1) is 0 Å². The third kappa shape index (κ3) is 2.97. The standard InChI is InChI=1S/C20H20N2O3/c1-25-16-10-6-14(7-11-16)12-19(23)21-13-20(24)22(15-8-9-15)18-5-3-2-4-17(18)21/h2-7,10-11,15H,8-9,12-13H2,1H3. The molecule has 2 amide bonds. The zero-order valence-electron chi connectivity index (χ0n) is 14.1. The molecule has 0 saturated heterocycles. The summed E-state index contributed by atoms with van der Waals surface area (Å²) in [5.41, 5.74) is 2.58. The number of fused-ring (bicyclic) bond motifs is 1. The predicted molar refractivity (Wildman–Crippen MR) is 96.0 cm³/mol. The Morgan fingerprint density at radius 3 is 2.40 bits per heavy atom. The minimum atomic E-state index is -0.0681. The van der Waals surface area contributed by atoms with Crippen molar-refractivity contribution in [1.29, 1.82) is 0 Å². The van der Waals surface area contributed by atoms with Gasteiger partial charge in [0.2, 0.25) is 11.8 Å². The number of rotatable bonds is 4. The molecule has 0 N–H and O–H groups in total. The van der Waals surface area contributed by atoms with Crippen LogP contribution in [0.1, 0.15) is 18.4 Å².